The predicted molar refractivity (Wildman–Crippen MR) is 124 cm³/mol. The van der Waals surface area contributed by atoms with Crippen LogP contribution < -0.4 is 15.2 Å². The molecule has 0 bridgehead atoms. The lowest BCUT2D eigenvalue weighted by Gasteiger charge is -2.33. The first-order valence-corrected chi connectivity index (χ1v) is 10.5. The number of nitrogens with two attached hydrogens (primary N) is 1. The van der Waals surface area contributed by atoms with Crippen molar-refractivity contribution in [2.45, 2.75) is 18.9 Å². The van der Waals surface area contributed by atoms with Crippen molar-refractivity contribution in [1.82, 2.24) is 19.7 Å². The van der Waals surface area contributed by atoms with E-state index in [-0.39, 0.29) is 23.6 Å². The lowest BCUT2D eigenvalue weighted by atomic mass is 10.1. The first-order chi connectivity index (χ1) is 15.9. The molecule has 0 radical (unpaired) electrons. The zero-order chi connectivity index (χ0) is 23.5. The second-order valence-corrected chi connectivity index (χ2v) is 7.72. The maximum Gasteiger partial charge on any atom is 0.256 e. The standard InChI is InChI=1S/C24H25N5O4/c1-4-20(30)28-9-5-6-17(14-28)29-13-16(21-22(29)24(31)27-26-23(21)25)8-7-15-10-18(32-2)12-19(11-15)33-3/h4,10-13,17H,1,5-6,9,14H2,2-3H3,(H2,25,26)(H,27,31). The van der Waals surface area contributed by atoms with E-state index >= 15 is 0 Å². The molecule has 2 aromatic heterocycles. The van der Waals surface area contributed by atoms with Gasteiger partial charge in [0.2, 0.25) is 5.91 Å². The number of aromatic nitrogens is 3. The SMILES string of the molecule is C=CC(=O)N1CCCC(n2cc(C#Cc3cc(OC)cc(OC)c3)c3c(N)nnc(O)c32)C1. The van der Waals surface area contributed by atoms with Gasteiger partial charge in [0.15, 0.2) is 5.82 Å². The third-order valence-electron chi connectivity index (χ3n) is 5.72. The minimum absolute atomic E-state index is 0.0767. The van der Waals surface area contributed by atoms with E-state index in [1.165, 1.54) is 6.08 Å². The lowest BCUT2D eigenvalue weighted by molar-refractivity contribution is -0.127. The van der Waals surface area contributed by atoms with Crippen LogP contribution in [0.4, 0.5) is 5.82 Å². The highest BCUT2D eigenvalue weighted by atomic mass is 16.5. The summed E-state index contributed by atoms with van der Waals surface area (Å²) in [5.74, 6) is 7.32. The molecule has 4 rings (SSSR count). The Hall–Kier alpha value is -4.19. The molecule has 9 heteroatoms. The molecule has 0 spiro atoms. The number of nitrogens with zero attached hydrogens (tertiary/aromatic N) is 4. The van der Waals surface area contributed by atoms with Crippen molar-refractivity contribution in [2.75, 3.05) is 33.0 Å². The molecule has 0 saturated carbocycles. The Balaban J connectivity index is 1.80. The van der Waals surface area contributed by atoms with Crippen molar-refractivity contribution < 1.29 is 19.4 Å². The summed E-state index contributed by atoms with van der Waals surface area (Å²) in [7, 11) is 3.15. The number of likely N-dealkylation sites (tertiary alicyclic amines) is 1. The van der Waals surface area contributed by atoms with E-state index in [9.17, 15) is 9.90 Å². The highest BCUT2D eigenvalue weighted by Crippen LogP contribution is 2.35. The number of methoxy groups -OCH3 is 2. The summed E-state index contributed by atoms with van der Waals surface area (Å²) in [5.41, 5.74) is 7.88. The van der Waals surface area contributed by atoms with Crippen LogP contribution in [0.2, 0.25) is 0 Å². The first kappa shape index (κ1) is 22.0. The number of carbonyl (C=O) groups is 1. The molecule has 3 heterocycles. The van der Waals surface area contributed by atoms with Crippen molar-refractivity contribution in [1.29, 1.82) is 0 Å². The van der Waals surface area contributed by atoms with Crippen molar-refractivity contribution >= 4 is 22.6 Å². The third-order valence-corrected chi connectivity index (χ3v) is 5.72. The minimum atomic E-state index is -0.234. The average molecular weight is 447 g/mol. The molecule has 1 aliphatic rings. The Morgan fingerprint density at radius 3 is 2.64 bits per heavy atom. The van der Waals surface area contributed by atoms with Crippen LogP contribution in [0.3, 0.4) is 0 Å². The van der Waals surface area contributed by atoms with E-state index in [4.69, 9.17) is 15.2 Å². The fraction of sp³-hybridized carbons (Fsp3) is 0.292. The quantitative estimate of drug-likeness (QED) is 0.466. The maximum absolute atomic E-state index is 12.2. The second-order valence-electron chi connectivity index (χ2n) is 7.72. The summed E-state index contributed by atoms with van der Waals surface area (Å²) in [6, 6.07) is 5.29. The highest BCUT2D eigenvalue weighted by molar-refractivity contribution is 5.97. The van der Waals surface area contributed by atoms with Gasteiger partial charge in [0.05, 0.1) is 31.2 Å². The van der Waals surface area contributed by atoms with Gasteiger partial charge in [0.25, 0.3) is 5.88 Å². The van der Waals surface area contributed by atoms with Gasteiger partial charge in [-0.05, 0) is 31.1 Å². The summed E-state index contributed by atoms with van der Waals surface area (Å²) in [4.78, 5) is 13.9. The number of piperidine rings is 1. The van der Waals surface area contributed by atoms with Gasteiger partial charge in [-0.1, -0.05) is 18.4 Å². The van der Waals surface area contributed by atoms with Gasteiger partial charge in [0.1, 0.15) is 17.0 Å². The maximum atomic E-state index is 12.2. The number of carbonyl (C=O) groups excluding carboxylic acids is 1. The minimum Gasteiger partial charge on any atom is -0.497 e. The molecule has 1 fully saturated rings. The number of hydrogen-bond acceptors (Lipinski definition) is 7. The van der Waals surface area contributed by atoms with E-state index in [2.05, 4.69) is 28.6 Å². The van der Waals surface area contributed by atoms with Gasteiger partial charge in [0, 0.05) is 30.9 Å². The number of aromatic hydroxyl groups is 1. The van der Waals surface area contributed by atoms with Crippen LogP contribution in [-0.2, 0) is 4.79 Å². The van der Waals surface area contributed by atoms with E-state index < -0.39 is 0 Å². The summed E-state index contributed by atoms with van der Waals surface area (Å²) in [6.07, 6.45) is 4.80. The number of benzene rings is 1. The average Bonchev–Trinajstić information content (AvgIpc) is 3.25. The van der Waals surface area contributed by atoms with E-state index in [1.54, 1.807) is 37.3 Å². The van der Waals surface area contributed by atoms with Gasteiger partial charge in [-0.15, -0.1) is 10.2 Å². The van der Waals surface area contributed by atoms with Crippen molar-refractivity contribution in [3.05, 3.63) is 48.2 Å². The van der Waals surface area contributed by atoms with Crippen LogP contribution in [0.25, 0.3) is 10.9 Å². The van der Waals surface area contributed by atoms with Crippen LogP contribution >= 0.6 is 0 Å². The van der Waals surface area contributed by atoms with Gasteiger partial charge in [-0.25, -0.2) is 0 Å². The van der Waals surface area contributed by atoms with Crippen molar-refractivity contribution in [2.24, 2.45) is 0 Å². The molecule has 1 aliphatic heterocycles. The highest BCUT2D eigenvalue weighted by Gasteiger charge is 2.27. The fourth-order valence-electron chi connectivity index (χ4n) is 4.12. The Labute approximate surface area is 191 Å². The van der Waals surface area contributed by atoms with E-state index in [0.717, 1.165) is 12.8 Å². The normalized spacial score (nSPS) is 15.6. The van der Waals surface area contributed by atoms with Crippen molar-refractivity contribution in [3.8, 4) is 29.2 Å². The summed E-state index contributed by atoms with van der Waals surface area (Å²) in [5, 5.41) is 18.7. The zero-order valence-electron chi connectivity index (χ0n) is 18.5. The van der Waals surface area contributed by atoms with Gasteiger partial charge in [-0.3, -0.25) is 4.79 Å². The molecule has 1 atom stereocenters. The van der Waals surface area contributed by atoms with Crippen LogP contribution in [0, 0.1) is 11.8 Å². The molecule has 1 aromatic carbocycles. The second kappa shape index (κ2) is 9.12. The number of anilines is 1. The number of nitrogen functional groups attached to an aromatic ring is 1. The van der Waals surface area contributed by atoms with Gasteiger partial charge in [-0.2, -0.15) is 0 Å². The van der Waals surface area contributed by atoms with Crippen molar-refractivity contribution in [3.63, 3.8) is 0 Å². The number of amides is 1. The Kier molecular flexibility index (Phi) is 6.09. The molecule has 3 N–H and O–H groups in total. The Morgan fingerprint density at radius 1 is 1.24 bits per heavy atom. The molecule has 1 amide bonds. The monoisotopic (exact) mass is 447 g/mol. The Bertz CT molecular complexity index is 1270. The molecule has 33 heavy (non-hydrogen) atoms. The zero-order valence-corrected chi connectivity index (χ0v) is 18.5. The number of hydrogen-bond donors (Lipinski definition) is 2. The summed E-state index contributed by atoms with van der Waals surface area (Å²) in [6.45, 7) is 4.73. The lowest BCUT2D eigenvalue weighted by Crippen LogP contribution is -2.39. The largest absolute Gasteiger partial charge is 0.497 e. The summed E-state index contributed by atoms with van der Waals surface area (Å²) < 4.78 is 12.5. The van der Waals surface area contributed by atoms with E-state index in [0.29, 0.717) is 46.6 Å². The van der Waals surface area contributed by atoms with Gasteiger partial charge >= 0.3 is 0 Å². The molecule has 3 aromatic rings. The number of fused-ring (bicyclic) bond motifs is 1. The van der Waals surface area contributed by atoms with E-state index in [1.807, 2.05) is 10.8 Å². The third kappa shape index (κ3) is 4.28. The predicted octanol–water partition coefficient (Wildman–Crippen LogP) is 2.49. The molecule has 0 aliphatic carbocycles. The smallest absolute Gasteiger partial charge is 0.256 e. The molecule has 1 saturated heterocycles. The van der Waals surface area contributed by atoms with Crippen LogP contribution in [0.15, 0.2) is 37.1 Å². The summed E-state index contributed by atoms with van der Waals surface area (Å²) >= 11 is 0. The van der Waals surface area contributed by atoms with Crippen LogP contribution in [0.5, 0.6) is 17.4 Å². The molecular formula is C24H25N5O4. The number of ether oxygens (including phenoxy) is 2. The van der Waals surface area contributed by atoms with Crippen LogP contribution in [-0.4, -0.2) is 58.0 Å². The number of rotatable bonds is 4. The Morgan fingerprint density at radius 2 is 1.97 bits per heavy atom. The topological polar surface area (TPSA) is 116 Å². The first-order valence-electron chi connectivity index (χ1n) is 10.5. The fourth-order valence-corrected chi connectivity index (χ4v) is 4.12. The van der Waals surface area contributed by atoms with Crippen LogP contribution in [0.1, 0.15) is 30.0 Å². The molecular weight excluding hydrogens is 422 g/mol. The molecule has 9 nitrogen and oxygen atoms in total. The molecule has 1 unspecified atom stereocenters. The molecule has 170 valence electrons. The van der Waals surface area contributed by atoms with Gasteiger partial charge < -0.3 is 29.8 Å².